The van der Waals surface area contributed by atoms with Gasteiger partial charge >= 0.3 is 17.9 Å². The molecule has 0 saturated heterocycles. The van der Waals surface area contributed by atoms with E-state index in [1.807, 2.05) is 152 Å². The van der Waals surface area contributed by atoms with Crippen LogP contribution >= 0.6 is 72.3 Å². The summed E-state index contributed by atoms with van der Waals surface area (Å²) < 4.78 is 3.97. The number of carbonyl (C=O) groups excluding carboxylic acids is 9. The summed E-state index contributed by atoms with van der Waals surface area (Å²) in [5, 5.41) is 20.0. The molecule has 2 heterocycles. The second kappa shape index (κ2) is 40.7. The molecule has 9 aromatic carbocycles. The Balaban J connectivity index is 0.000000213. The second-order valence-electron chi connectivity index (χ2n) is 20.9. The largest absolute Gasteiger partial charge is 0.478 e. The molecule has 98 heavy (non-hydrogen) atoms. The average Bonchev–Trinajstić information content (AvgIpc) is 1.62. The minimum absolute atomic E-state index is 0.0324. The molecule has 0 aromatic heterocycles. The first kappa shape index (κ1) is 78.9. The van der Waals surface area contributed by atoms with Gasteiger partial charge in [-0.05, 0) is 132 Å². The van der Waals surface area contributed by atoms with E-state index in [4.69, 9.17) is 16.6 Å². The Bertz CT molecular complexity index is 4300. The minimum Gasteiger partial charge on any atom is -0.478 e. The molecule has 0 spiro atoms. The Kier molecular flexibility index (Phi) is 32.7. The van der Waals surface area contributed by atoms with E-state index in [0.717, 1.165) is 109 Å². The number of nitrogens with one attached hydrogen (secondary N) is 4. The number of nitrogens with two attached hydrogens (primary N) is 2. The number of hydrogen-bond acceptors (Lipinski definition) is 19. The topological polar surface area (TPSA) is 300 Å². The molecule has 0 saturated carbocycles. The van der Waals surface area contributed by atoms with Crippen molar-refractivity contribution in [2.45, 2.75) is 95.1 Å². The molecule has 2 aliphatic heterocycles. The smallest absolute Gasteiger partial charge is 0.335 e. The molecular weight excluding hydrogens is 1360 g/mol. The lowest BCUT2D eigenvalue weighted by Crippen LogP contribution is -2.07. The molecule has 24 heteroatoms. The standard InChI is InChI=1S/C16H15NO3S.C16H13NO2S.C14H11NOS.C10H11NO2S.C8H9NOS.C6H7NS.C4H6O3/c1-11(18)17-13-6-4-7-14(9-13)21-10-12-5-2-3-8-15(12)16(19)20;1-10(18)17-12-6-7-14-15(8-12)20-9-11-4-2-3-5-13(11)16(14)19;15-10-5-6-12-13(7-10)17-8-9-3-1-2-4-11(9)14(12)16;1-7(12)11-9-4-3-5-10(6-9)14-8(2)13;1-6(10)9-7-3-2-4-8(11)5-7;7-5-2-1-3-6(8)4-5;1-3(5)7-4(2)6/h2-9H,10H2,1H3,(H,17,18)(H,19,20);2-8H,9H2,1H3,(H,17,18);1-7H,8,15H2;3-6H,1-2H3,(H,11,12);2-5,11H,1H3,(H,9,10);1-4,8H,7H2;1-2H3. The molecule has 0 radical (unpaired) electrons. The van der Waals surface area contributed by atoms with E-state index in [-0.39, 0.29) is 40.3 Å². The molecule has 2 aliphatic rings. The fourth-order valence-corrected chi connectivity index (χ4v) is 13.0. The summed E-state index contributed by atoms with van der Waals surface area (Å²) in [7, 11) is 0. The van der Waals surface area contributed by atoms with Gasteiger partial charge in [-0.3, -0.25) is 43.2 Å². The first-order valence-corrected chi connectivity index (χ1v) is 34.3. The third-order valence-corrected chi connectivity index (χ3v) is 17.2. The number of nitrogen functional groups attached to an aromatic ring is 2. The third-order valence-electron chi connectivity index (χ3n) is 12.6. The number of carboxylic acid groups (broad SMARTS) is 1. The molecule has 9 aromatic rings. The highest BCUT2D eigenvalue weighted by Crippen LogP contribution is 2.37. The number of aromatic carboxylic acids is 1. The van der Waals surface area contributed by atoms with Crippen molar-refractivity contribution in [3.8, 4) is 0 Å². The van der Waals surface area contributed by atoms with Gasteiger partial charge in [0.2, 0.25) is 23.6 Å². The van der Waals surface area contributed by atoms with Crippen LogP contribution in [-0.4, -0.2) is 63.3 Å². The van der Waals surface area contributed by atoms with Crippen LogP contribution in [0.2, 0.25) is 0 Å². The van der Waals surface area contributed by atoms with Gasteiger partial charge in [0.15, 0.2) is 16.7 Å². The van der Waals surface area contributed by atoms with Crippen LogP contribution in [0.4, 0.5) is 34.1 Å². The summed E-state index contributed by atoms with van der Waals surface area (Å²) in [5.41, 5.74) is 21.9. The van der Waals surface area contributed by atoms with Gasteiger partial charge in [-0.2, -0.15) is 0 Å². The number of thioether (sulfide) groups is 4. The normalized spacial score (nSPS) is 10.9. The van der Waals surface area contributed by atoms with Crippen molar-refractivity contribution in [2.24, 2.45) is 0 Å². The average molecular weight is 1430 g/mol. The van der Waals surface area contributed by atoms with Crippen LogP contribution in [-0.2, 0) is 55.6 Å². The highest BCUT2D eigenvalue weighted by molar-refractivity contribution is 8.13. The van der Waals surface area contributed by atoms with Gasteiger partial charge < -0.3 is 42.6 Å². The van der Waals surface area contributed by atoms with Crippen molar-refractivity contribution in [3.05, 3.63) is 251 Å². The number of ether oxygens (including phenoxy) is 1. The summed E-state index contributed by atoms with van der Waals surface area (Å²) in [5.74, 6) is -0.165. The Morgan fingerprint density at radius 3 is 1.33 bits per heavy atom. The molecule has 4 amide bonds. The second-order valence-corrected chi connectivity index (χ2v) is 26.2. The Morgan fingerprint density at radius 2 is 0.867 bits per heavy atom. The highest BCUT2D eigenvalue weighted by atomic mass is 32.2. The number of esters is 2. The number of amides is 4. The van der Waals surface area contributed by atoms with Gasteiger partial charge in [-0.1, -0.05) is 103 Å². The molecule has 0 aliphatic carbocycles. The number of anilines is 6. The number of rotatable bonds is 9. The van der Waals surface area contributed by atoms with E-state index in [1.165, 1.54) is 60.2 Å². The maximum atomic E-state index is 12.6. The molecule has 9 N–H and O–H groups in total. The molecule has 11 rings (SSSR count). The lowest BCUT2D eigenvalue weighted by molar-refractivity contribution is -0.156. The summed E-state index contributed by atoms with van der Waals surface area (Å²) in [6.45, 7) is 9.73. The number of ketones is 2. The fourth-order valence-electron chi connectivity index (χ4n) is 8.70. The zero-order valence-corrected chi connectivity index (χ0v) is 59.4. The van der Waals surface area contributed by atoms with Crippen LogP contribution in [0.1, 0.15) is 107 Å². The van der Waals surface area contributed by atoms with Crippen molar-refractivity contribution in [1.82, 2.24) is 0 Å². The van der Waals surface area contributed by atoms with Gasteiger partial charge in [0, 0.05) is 151 Å². The summed E-state index contributed by atoms with van der Waals surface area (Å²) in [6.07, 6.45) is 0. The van der Waals surface area contributed by atoms with Crippen molar-refractivity contribution in [3.63, 3.8) is 0 Å². The van der Waals surface area contributed by atoms with Gasteiger partial charge in [0.05, 0.1) is 5.56 Å². The van der Waals surface area contributed by atoms with Crippen molar-refractivity contribution in [2.75, 3.05) is 32.7 Å². The van der Waals surface area contributed by atoms with Gasteiger partial charge in [0.25, 0.3) is 0 Å². The summed E-state index contributed by atoms with van der Waals surface area (Å²) in [6, 6.07) is 62.7. The Morgan fingerprint density at radius 1 is 0.449 bits per heavy atom. The van der Waals surface area contributed by atoms with E-state index in [2.05, 4.69) is 51.3 Å². The first-order chi connectivity index (χ1) is 46.6. The van der Waals surface area contributed by atoms with E-state index < -0.39 is 17.9 Å². The highest BCUT2D eigenvalue weighted by Gasteiger charge is 2.23. The quantitative estimate of drug-likeness (QED) is 0.0213. The summed E-state index contributed by atoms with van der Waals surface area (Å²) >= 11 is 14.2. The van der Waals surface area contributed by atoms with E-state index in [1.54, 1.807) is 78.1 Å². The number of carbonyl (C=O) groups is 10. The van der Waals surface area contributed by atoms with E-state index in [9.17, 15) is 47.9 Å². The van der Waals surface area contributed by atoms with Crippen LogP contribution in [0.25, 0.3) is 0 Å². The molecular formula is C74H72N6O12S6. The van der Waals surface area contributed by atoms with Gasteiger partial charge in [-0.15, -0.1) is 60.5 Å². The number of fused-ring (bicyclic) bond motifs is 4. The SMILES string of the molecule is CC(=O)Nc1ccc2c(c1)SCc1ccccc1C2=O.CC(=O)Nc1cccc(S)c1.CC(=O)Nc1cccc(SC(C)=O)c1.CC(=O)Nc1cccc(SCc2ccccc2C(=O)O)c1.CC(=O)OC(C)=O.Nc1ccc2c(c1)SCc1ccccc1C2=O.Nc1cccc(S)c1. The molecule has 0 bridgehead atoms. The lowest BCUT2D eigenvalue weighted by Gasteiger charge is -2.08. The predicted octanol–water partition coefficient (Wildman–Crippen LogP) is 16.1. The molecule has 0 atom stereocenters. The Labute approximate surface area is 596 Å². The number of thiol groups is 2. The van der Waals surface area contributed by atoms with E-state index >= 15 is 0 Å². The van der Waals surface area contributed by atoms with Crippen molar-refractivity contribution in [1.29, 1.82) is 0 Å². The fraction of sp³-hybridized carbons (Fsp3) is 0.135. The third kappa shape index (κ3) is 28.5. The zero-order chi connectivity index (χ0) is 71.8. The van der Waals surface area contributed by atoms with Gasteiger partial charge in [-0.25, -0.2) is 4.79 Å². The maximum Gasteiger partial charge on any atom is 0.335 e. The zero-order valence-electron chi connectivity index (χ0n) is 54.4. The number of carboxylic acids is 1. The molecule has 18 nitrogen and oxygen atoms in total. The van der Waals surface area contributed by atoms with Crippen LogP contribution in [0.3, 0.4) is 0 Å². The minimum atomic E-state index is -0.918. The predicted molar refractivity (Wildman–Crippen MR) is 400 cm³/mol. The monoisotopic (exact) mass is 1430 g/mol. The van der Waals surface area contributed by atoms with E-state index in [0.29, 0.717) is 28.3 Å². The van der Waals surface area contributed by atoms with Crippen LogP contribution in [0.5, 0.6) is 0 Å². The van der Waals surface area contributed by atoms with Crippen molar-refractivity contribution < 1.29 is 57.8 Å². The van der Waals surface area contributed by atoms with Crippen LogP contribution in [0, 0.1) is 0 Å². The van der Waals surface area contributed by atoms with Crippen LogP contribution in [0.15, 0.2) is 236 Å². The lowest BCUT2D eigenvalue weighted by atomic mass is 9.99. The number of benzene rings is 9. The van der Waals surface area contributed by atoms with Gasteiger partial charge in [0.1, 0.15) is 0 Å². The Hall–Kier alpha value is -9.82. The van der Waals surface area contributed by atoms with Crippen molar-refractivity contribution >= 4 is 165 Å². The van der Waals surface area contributed by atoms with Crippen LogP contribution < -0.4 is 32.7 Å². The summed E-state index contributed by atoms with van der Waals surface area (Å²) in [4.78, 5) is 115. The molecule has 506 valence electrons. The molecule has 0 unspecified atom stereocenters. The first-order valence-electron chi connectivity index (χ1n) is 29.6. The number of hydrogen-bond donors (Lipinski definition) is 9. The molecule has 0 fully saturated rings. The maximum absolute atomic E-state index is 12.6.